The van der Waals surface area contributed by atoms with Crippen molar-refractivity contribution in [2.45, 2.75) is 13.1 Å². The van der Waals surface area contributed by atoms with Crippen LogP contribution < -0.4 is 10.9 Å². The highest BCUT2D eigenvalue weighted by atomic mass is 19.1. The molecule has 0 radical (unpaired) electrons. The van der Waals surface area contributed by atoms with Crippen molar-refractivity contribution in [1.82, 2.24) is 14.8 Å². The van der Waals surface area contributed by atoms with Gasteiger partial charge in [0.15, 0.2) is 0 Å². The lowest BCUT2D eigenvalue weighted by atomic mass is 10.2. The van der Waals surface area contributed by atoms with Crippen molar-refractivity contribution in [3.8, 4) is 0 Å². The SMILES string of the molecule is CN(C)C(=O)Cn1cc(C(=O)NCc2cccc(F)c2)ccc1=O. The molecule has 0 spiro atoms. The standard InChI is InChI=1S/C17H18FN3O3/c1-20(2)16(23)11-21-10-13(6-7-15(21)22)17(24)19-9-12-4-3-5-14(18)8-12/h3-8,10H,9,11H2,1-2H3,(H,19,24). The lowest BCUT2D eigenvalue weighted by Gasteiger charge is -2.12. The first-order valence-corrected chi connectivity index (χ1v) is 7.30. The Morgan fingerprint density at radius 3 is 2.62 bits per heavy atom. The van der Waals surface area contributed by atoms with E-state index in [1.54, 1.807) is 26.2 Å². The maximum absolute atomic E-state index is 13.1. The molecule has 0 atom stereocenters. The zero-order valence-electron chi connectivity index (χ0n) is 13.5. The predicted octanol–water partition coefficient (Wildman–Crippen LogP) is 1.01. The number of nitrogens with zero attached hydrogens (tertiary/aromatic N) is 2. The van der Waals surface area contributed by atoms with E-state index in [0.29, 0.717) is 5.56 Å². The van der Waals surface area contributed by atoms with Crippen LogP contribution in [-0.4, -0.2) is 35.4 Å². The molecule has 0 saturated heterocycles. The number of amides is 2. The van der Waals surface area contributed by atoms with Gasteiger partial charge in [-0.15, -0.1) is 0 Å². The van der Waals surface area contributed by atoms with E-state index in [-0.39, 0.29) is 35.9 Å². The summed E-state index contributed by atoms with van der Waals surface area (Å²) < 4.78 is 14.3. The van der Waals surface area contributed by atoms with Crippen LogP contribution in [0.4, 0.5) is 4.39 Å². The molecule has 126 valence electrons. The number of halogens is 1. The zero-order valence-corrected chi connectivity index (χ0v) is 13.5. The van der Waals surface area contributed by atoms with Crippen LogP contribution in [0.5, 0.6) is 0 Å². The van der Waals surface area contributed by atoms with Crippen molar-refractivity contribution in [3.05, 3.63) is 69.9 Å². The highest BCUT2D eigenvalue weighted by molar-refractivity contribution is 5.93. The van der Waals surface area contributed by atoms with E-state index in [4.69, 9.17) is 0 Å². The summed E-state index contributed by atoms with van der Waals surface area (Å²) in [6.45, 7) is 0.0171. The van der Waals surface area contributed by atoms with Gasteiger partial charge in [0.1, 0.15) is 12.4 Å². The zero-order chi connectivity index (χ0) is 17.7. The smallest absolute Gasteiger partial charge is 0.253 e. The number of pyridine rings is 1. The number of carbonyl (C=O) groups is 2. The number of hydrogen-bond acceptors (Lipinski definition) is 3. The van der Waals surface area contributed by atoms with Gasteiger partial charge < -0.3 is 14.8 Å². The fraction of sp³-hybridized carbons (Fsp3) is 0.235. The van der Waals surface area contributed by atoms with Crippen molar-refractivity contribution in [1.29, 1.82) is 0 Å². The molecule has 0 bridgehead atoms. The Morgan fingerprint density at radius 1 is 1.21 bits per heavy atom. The number of likely N-dealkylation sites (N-methyl/N-ethyl adjacent to an activating group) is 1. The number of benzene rings is 1. The Hall–Kier alpha value is -2.96. The Morgan fingerprint density at radius 2 is 1.96 bits per heavy atom. The molecule has 2 amide bonds. The van der Waals surface area contributed by atoms with Crippen LogP contribution >= 0.6 is 0 Å². The van der Waals surface area contributed by atoms with Gasteiger partial charge in [-0.05, 0) is 23.8 Å². The number of carbonyl (C=O) groups excluding carboxylic acids is 2. The first kappa shape index (κ1) is 17.4. The highest BCUT2D eigenvalue weighted by Gasteiger charge is 2.11. The molecule has 0 unspecified atom stereocenters. The van der Waals surface area contributed by atoms with Crippen molar-refractivity contribution < 1.29 is 14.0 Å². The molecule has 0 aliphatic heterocycles. The summed E-state index contributed by atoms with van der Waals surface area (Å²) >= 11 is 0. The third-order valence-corrected chi connectivity index (χ3v) is 3.39. The van der Waals surface area contributed by atoms with E-state index in [1.807, 2.05) is 0 Å². The molecule has 0 fully saturated rings. The van der Waals surface area contributed by atoms with Crippen molar-refractivity contribution >= 4 is 11.8 Å². The number of hydrogen-bond donors (Lipinski definition) is 1. The molecule has 1 aromatic heterocycles. The second-order valence-electron chi connectivity index (χ2n) is 5.48. The van der Waals surface area contributed by atoms with Crippen molar-refractivity contribution in [2.24, 2.45) is 0 Å². The third kappa shape index (κ3) is 4.52. The number of nitrogens with one attached hydrogen (secondary N) is 1. The molecule has 1 aromatic carbocycles. The fourth-order valence-electron chi connectivity index (χ4n) is 2.01. The highest BCUT2D eigenvalue weighted by Crippen LogP contribution is 2.04. The predicted molar refractivity (Wildman–Crippen MR) is 87.0 cm³/mol. The Kier molecular flexibility index (Phi) is 5.47. The first-order chi connectivity index (χ1) is 11.4. The average Bonchev–Trinajstić information content (AvgIpc) is 2.54. The van der Waals surface area contributed by atoms with E-state index >= 15 is 0 Å². The summed E-state index contributed by atoms with van der Waals surface area (Å²) in [4.78, 5) is 37.0. The van der Waals surface area contributed by atoms with E-state index < -0.39 is 5.91 Å². The van der Waals surface area contributed by atoms with Gasteiger partial charge in [-0.1, -0.05) is 12.1 Å². The van der Waals surface area contributed by atoms with Gasteiger partial charge in [0.25, 0.3) is 11.5 Å². The Labute approximate surface area is 138 Å². The van der Waals surface area contributed by atoms with Crippen LogP contribution in [0.25, 0.3) is 0 Å². The molecule has 24 heavy (non-hydrogen) atoms. The summed E-state index contributed by atoms with van der Waals surface area (Å²) in [5.74, 6) is -1.04. The summed E-state index contributed by atoms with van der Waals surface area (Å²) in [6, 6.07) is 8.53. The molecule has 0 aliphatic rings. The van der Waals surface area contributed by atoms with Gasteiger partial charge in [0.2, 0.25) is 5.91 Å². The lowest BCUT2D eigenvalue weighted by Crippen LogP contribution is -2.32. The topological polar surface area (TPSA) is 71.4 Å². The summed E-state index contributed by atoms with van der Waals surface area (Å²) in [5.41, 5.74) is 0.504. The normalized spacial score (nSPS) is 10.3. The molecule has 2 aromatic rings. The Bertz CT molecular complexity index is 815. The number of rotatable bonds is 5. The van der Waals surface area contributed by atoms with Crippen LogP contribution in [0.3, 0.4) is 0 Å². The van der Waals surface area contributed by atoms with Crippen LogP contribution in [0.2, 0.25) is 0 Å². The molecule has 1 heterocycles. The molecule has 0 aliphatic carbocycles. The van der Waals surface area contributed by atoms with Gasteiger partial charge in [0, 0.05) is 32.9 Å². The van der Waals surface area contributed by atoms with Crippen LogP contribution in [-0.2, 0) is 17.9 Å². The molecular formula is C17H18FN3O3. The van der Waals surface area contributed by atoms with Gasteiger partial charge >= 0.3 is 0 Å². The summed E-state index contributed by atoms with van der Waals surface area (Å²) in [6.07, 6.45) is 1.34. The minimum atomic E-state index is -0.412. The quantitative estimate of drug-likeness (QED) is 0.889. The monoisotopic (exact) mass is 331 g/mol. The van der Waals surface area contributed by atoms with Crippen LogP contribution in [0, 0.1) is 5.82 Å². The molecule has 0 saturated carbocycles. The third-order valence-electron chi connectivity index (χ3n) is 3.39. The molecule has 2 rings (SSSR count). The Balaban J connectivity index is 2.09. The maximum Gasteiger partial charge on any atom is 0.253 e. The van der Waals surface area contributed by atoms with E-state index in [9.17, 15) is 18.8 Å². The van der Waals surface area contributed by atoms with Gasteiger partial charge in [-0.3, -0.25) is 14.4 Å². The lowest BCUT2D eigenvalue weighted by molar-refractivity contribution is -0.129. The molecule has 1 N–H and O–H groups in total. The van der Waals surface area contributed by atoms with Crippen LogP contribution in [0.1, 0.15) is 15.9 Å². The van der Waals surface area contributed by atoms with Gasteiger partial charge in [-0.25, -0.2) is 4.39 Å². The molecule has 7 heteroatoms. The second-order valence-corrected chi connectivity index (χ2v) is 5.48. The minimum Gasteiger partial charge on any atom is -0.348 e. The van der Waals surface area contributed by atoms with Crippen molar-refractivity contribution in [3.63, 3.8) is 0 Å². The summed E-state index contributed by atoms with van der Waals surface area (Å²) in [7, 11) is 3.17. The summed E-state index contributed by atoms with van der Waals surface area (Å²) in [5, 5.41) is 2.65. The number of aromatic nitrogens is 1. The van der Waals surface area contributed by atoms with Crippen LogP contribution in [0.15, 0.2) is 47.4 Å². The molecule has 6 nitrogen and oxygen atoms in total. The minimum absolute atomic E-state index is 0.142. The van der Waals surface area contributed by atoms with E-state index in [2.05, 4.69) is 5.32 Å². The van der Waals surface area contributed by atoms with Crippen molar-refractivity contribution in [2.75, 3.05) is 14.1 Å². The average molecular weight is 331 g/mol. The molecular weight excluding hydrogens is 313 g/mol. The van der Waals surface area contributed by atoms with Gasteiger partial charge in [0.05, 0.1) is 5.56 Å². The second kappa shape index (κ2) is 7.54. The van der Waals surface area contributed by atoms with E-state index in [1.165, 1.54) is 39.9 Å². The first-order valence-electron chi connectivity index (χ1n) is 7.30. The largest absolute Gasteiger partial charge is 0.348 e. The van der Waals surface area contributed by atoms with Gasteiger partial charge in [-0.2, -0.15) is 0 Å². The fourth-order valence-corrected chi connectivity index (χ4v) is 2.01. The maximum atomic E-state index is 13.1. The van der Waals surface area contributed by atoms with E-state index in [0.717, 1.165) is 0 Å².